The van der Waals surface area contributed by atoms with Crippen LogP contribution in [0.2, 0.25) is 0 Å². The molecule has 1 heteroatoms. The molecule has 246 valence electrons. The molecule has 1 aromatic carbocycles. The van der Waals surface area contributed by atoms with E-state index in [0.717, 1.165) is 11.7 Å². The lowest BCUT2D eigenvalue weighted by atomic mass is 9.64. The molecule has 3 rings (SSSR count). The largest absolute Gasteiger partial charge is 0.180 e. The number of hydrogen-bond acceptors (Lipinski definition) is 1. The van der Waals surface area contributed by atoms with Crippen molar-refractivity contribution in [3.05, 3.63) is 76.6 Å². The predicted octanol–water partition coefficient (Wildman–Crippen LogP) is 14.2. The first-order chi connectivity index (χ1) is 20.8. The maximum absolute atomic E-state index is 3.79. The van der Waals surface area contributed by atoms with Crippen molar-refractivity contribution < 1.29 is 0 Å². The fourth-order valence-corrected chi connectivity index (χ4v) is 7.24. The van der Waals surface area contributed by atoms with Crippen LogP contribution in [0, 0.1) is 17.3 Å². The lowest BCUT2D eigenvalue weighted by Crippen LogP contribution is -2.29. The van der Waals surface area contributed by atoms with Gasteiger partial charge in [0.2, 0.25) is 0 Å². The van der Waals surface area contributed by atoms with E-state index in [2.05, 4.69) is 96.3 Å². The first-order valence-electron chi connectivity index (χ1n) is 18.2. The van der Waals surface area contributed by atoms with Gasteiger partial charge in [-0.25, -0.2) is 0 Å². The van der Waals surface area contributed by atoms with Crippen LogP contribution in [0.3, 0.4) is 0 Å². The zero-order valence-electron chi connectivity index (χ0n) is 30.6. The Morgan fingerprint density at radius 2 is 1.70 bits per heavy atom. The molecule has 1 saturated carbocycles. The van der Waals surface area contributed by atoms with E-state index in [1.807, 2.05) is 46.8 Å². The lowest BCUT2D eigenvalue weighted by molar-refractivity contribution is 0.105. The number of hydrogen-bond donors (Lipinski definition) is 1. The fourth-order valence-electron chi connectivity index (χ4n) is 7.24. The molecular weight excluding hydrogens is 537 g/mol. The van der Waals surface area contributed by atoms with Gasteiger partial charge in [-0.2, -0.15) is 12.6 Å². The molecule has 0 spiro atoms. The Morgan fingerprint density at radius 3 is 2.23 bits per heavy atom. The molecule has 0 saturated heterocycles. The maximum Gasteiger partial charge on any atom is 0.00599 e. The highest BCUT2D eigenvalue weighted by molar-refractivity contribution is 7.80. The number of rotatable bonds is 11. The van der Waals surface area contributed by atoms with Crippen LogP contribution >= 0.6 is 12.6 Å². The average molecular weight is 609 g/mol. The van der Waals surface area contributed by atoms with Gasteiger partial charge in [-0.1, -0.05) is 123 Å². The third-order valence-electron chi connectivity index (χ3n) is 9.72. The number of aryl methyl sites for hydroxylation is 1. The van der Waals surface area contributed by atoms with Crippen LogP contribution in [0.15, 0.2) is 59.9 Å². The third kappa shape index (κ3) is 14.5. The van der Waals surface area contributed by atoms with Gasteiger partial charge < -0.3 is 0 Å². The number of allylic oxidation sites excluding steroid dienone is 5. The molecule has 0 aromatic heterocycles. The van der Waals surface area contributed by atoms with Gasteiger partial charge in [0.25, 0.3) is 0 Å². The van der Waals surface area contributed by atoms with E-state index in [4.69, 9.17) is 0 Å². The van der Waals surface area contributed by atoms with Gasteiger partial charge in [0, 0.05) is 5.92 Å². The standard InChI is InChI=1S/C33H52.C5H8.C2H6S.C2H6/c1-7-11-14-30(25(5)9-3)31-18-17-28-15-16-29(23-32(28)31)26(6)19-22-33(20-8-2)21-12-13-27(10-4)24-33;1-3-5-4-2;1-2-3;1-2/h7,11,14-16,23,25-27,31H,8-10,12-13,17-22,24H2,1-6H3;3-4H,1-2H3;3H,2H2,1H3;1-2H3/b11-7-,30-14+;;;. The Bertz CT molecular complexity index is 949. The van der Waals surface area contributed by atoms with Crippen LogP contribution in [0.5, 0.6) is 0 Å². The van der Waals surface area contributed by atoms with Gasteiger partial charge in [0.1, 0.15) is 0 Å². The Labute approximate surface area is 276 Å². The summed E-state index contributed by atoms with van der Waals surface area (Å²) in [6.07, 6.45) is 27.2. The van der Waals surface area contributed by atoms with Crippen LogP contribution in [-0.2, 0) is 6.42 Å². The predicted molar refractivity (Wildman–Crippen MR) is 202 cm³/mol. The lowest BCUT2D eigenvalue weighted by Gasteiger charge is -2.42. The highest BCUT2D eigenvalue weighted by Crippen LogP contribution is 2.49. The van der Waals surface area contributed by atoms with Crippen molar-refractivity contribution >= 4 is 12.6 Å². The quantitative estimate of drug-likeness (QED) is 0.144. The highest BCUT2D eigenvalue weighted by Gasteiger charge is 2.35. The van der Waals surface area contributed by atoms with E-state index in [1.54, 1.807) is 22.3 Å². The first kappa shape index (κ1) is 41.6. The summed E-state index contributed by atoms with van der Waals surface area (Å²) in [4.78, 5) is 0. The van der Waals surface area contributed by atoms with Crippen LogP contribution in [-0.4, -0.2) is 5.75 Å². The molecule has 0 bridgehead atoms. The van der Waals surface area contributed by atoms with E-state index in [1.165, 1.54) is 77.0 Å². The van der Waals surface area contributed by atoms with E-state index in [-0.39, 0.29) is 0 Å². The van der Waals surface area contributed by atoms with Crippen molar-refractivity contribution in [1.29, 1.82) is 0 Å². The van der Waals surface area contributed by atoms with Crippen LogP contribution in [0.4, 0.5) is 0 Å². The Balaban J connectivity index is 0.00000155. The summed E-state index contributed by atoms with van der Waals surface area (Å²) in [5.41, 5.74) is 9.97. The molecule has 5 unspecified atom stereocenters. The Kier molecular flexibility index (Phi) is 24.0. The van der Waals surface area contributed by atoms with Crippen molar-refractivity contribution in [3.8, 4) is 0 Å². The van der Waals surface area contributed by atoms with Gasteiger partial charge in [0.15, 0.2) is 0 Å². The summed E-state index contributed by atoms with van der Waals surface area (Å²) in [5.74, 6) is 3.86. The molecule has 0 radical (unpaired) electrons. The van der Waals surface area contributed by atoms with Crippen molar-refractivity contribution in [1.82, 2.24) is 0 Å². The summed E-state index contributed by atoms with van der Waals surface area (Å²) in [7, 11) is 0. The summed E-state index contributed by atoms with van der Waals surface area (Å²) >= 11 is 3.79. The molecule has 43 heavy (non-hydrogen) atoms. The summed E-state index contributed by atoms with van der Waals surface area (Å²) in [6.45, 7) is 24.1. The summed E-state index contributed by atoms with van der Waals surface area (Å²) in [5, 5.41) is 0. The molecular formula is C42H72S. The van der Waals surface area contributed by atoms with Gasteiger partial charge in [-0.3, -0.25) is 0 Å². The second-order valence-corrected chi connectivity index (χ2v) is 13.3. The number of fused-ring (bicyclic) bond motifs is 1. The monoisotopic (exact) mass is 609 g/mol. The molecule has 0 heterocycles. The Morgan fingerprint density at radius 1 is 1.02 bits per heavy atom. The number of thiol groups is 1. The van der Waals surface area contributed by atoms with Gasteiger partial charge in [-0.05, 0) is 130 Å². The van der Waals surface area contributed by atoms with Crippen LogP contribution in [0.1, 0.15) is 175 Å². The molecule has 0 N–H and O–H groups in total. The minimum absolute atomic E-state index is 0.619. The minimum atomic E-state index is 0.619. The smallest absolute Gasteiger partial charge is 0.00599 e. The normalized spacial score (nSPS) is 22.4. The molecule has 2 aliphatic rings. The molecule has 0 amide bonds. The Hall–Kier alpha value is -1.43. The molecule has 0 nitrogen and oxygen atoms in total. The van der Waals surface area contributed by atoms with E-state index in [0.29, 0.717) is 23.2 Å². The summed E-state index contributed by atoms with van der Waals surface area (Å²) in [6, 6.07) is 7.55. The first-order valence-corrected chi connectivity index (χ1v) is 18.8. The summed E-state index contributed by atoms with van der Waals surface area (Å²) < 4.78 is 0. The SMILES string of the molecule is C/C=C\C=C(/C(C)CC)C1CCc2ccc(C(C)CCC3(CCC)CCCC(CC)C3)cc21.CC.CC=C=CC.CCS. The van der Waals surface area contributed by atoms with E-state index in [9.17, 15) is 0 Å². The fraction of sp³-hybridized carbons (Fsp3) is 0.690. The van der Waals surface area contributed by atoms with E-state index < -0.39 is 0 Å². The zero-order valence-corrected chi connectivity index (χ0v) is 31.5. The highest BCUT2D eigenvalue weighted by atomic mass is 32.1. The second kappa shape index (κ2) is 24.8. The van der Waals surface area contributed by atoms with Crippen molar-refractivity contribution in [2.24, 2.45) is 17.3 Å². The molecule has 1 aromatic rings. The second-order valence-electron chi connectivity index (χ2n) is 12.7. The van der Waals surface area contributed by atoms with Gasteiger partial charge >= 0.3 is 0 Å². The van der Waals surface area contributed by atoms with Crippen molar-refractivity contribution in [2.75, 3.05) is 5.75 Å². The van der Waals surface area contributed by atoms with Gasteiger partial charge in [0.05, 0.1) is 0 Å². The molecule has 5 atom stereocenters. The van der Waals surface area contributed by atoms with Crippen molar-refractivity contribution in [3.63, 3.8) is 0 Å². The molecule has 1 fully saturated rings. The van der Waals surface area contributed by atoms with Gasteiger partial charge in [-0.15, -0.1) is 5.73 Å². The van der Waals surface area contributed by atoms with E-state index >= 15 is 0 Å². The topological polar surface area (TPSA) is 0 Å². The average Bonchev–Trinajstić information content (AvgIpc) is 3.45. The third-order valence-corrected chi connectivity index (χ3v) is 9.72. The van der Waals surface area contributed by atoms with Crippen LogP contribution < -0.4 is 0 Å². The van der Waals surface area contributed by atoms with Crippen molar-refractivity contribution in [2.45, 2.75) is 165 Å². The maximum atomic E-state index is 3.79. The zero-order chi connectivity index (χ0) is 32.7. The van der Waals surface area contributed by atoms with Crippen LogP contribution in [0.25, 0.3) is 0 Å². The number of benzene rings is 1. The molecule has 0 aliphatic heterocycles. The molecule has 2 aliphatic carbocycles. The minimum Gasteiger partial charge on any atom is -0.180 e.